The van der Waals surface area contributed by atoms with Gasteiger partial charge in [0.1, 0.15) is 23.7 Å². The van der Waals surface area contributed by atoms with E-state index in [0.717, 1.165) is 22.6 Å². The highest BCUT2D eigenvalue weighted by Crippen LogP contribution is 2.42. The van der Waals surface area contributed by atoms with Crippen LogP contribution in [0.1, 0.15) is 28.6 Å². The predicted octanol–water partition coefficient (Wildman–Crippen LogP) is 6.68. The van der Waals surface area contributed by atoms with Gasteiger partial charge in [0.25, 0.3) is 5.91 Å². The molecule has 0 fully saturated rings. The molecule has 192 valence electrons. The highest BCUT2D eigenvalue weighted by molar-refractivity contribution is 6.31. The number of fused-ring (bicyclic) bond motifs is 5. The zero-order valence-electron chi connectivity index (χ0n) is 20.9. The summed E-state index contributed by atoms with van der Waals surface area (Å²) >= 11 is 6.37. The molecule has 2 aromatic heterocycles. The van der Waals surface area contributed by atoms with Gasteiger partial charge >= 0.3 is 0 Å². The number of aromatic nitrogens is 1. The van der Waals surface area contributed by atoms with Gasteiger partial charge in [-0.1, -0.05) is 23.7 Å². The van der Waals surface area contributed by atoms with Gasteiger partial charge < -0.3 is 18.8 Å². The van der Waals surface area contributed by atoms with Crippen LogP contribution in [0, 0.1) is 0 Å². The molecule has 39 heavy (non-hydrogen) atoms. The number of ether oxygens (including phenoxy) is 2. The standard InChI is InChI=1S/C31H21ClN2O5/c1-2-34-23-12-17(7-9-26(23)38-16-27(34)35)30(36)31-28(22-13-20(32)8-10-25(22)39-31)18-11-19-15-37-24-6-4-3-5-21(24)29(19)33-14-18/h3-14H,2,15-16H2,1H3. The van der Waals surface area contributed by atoms with E-state index in [1.165, 1.54) is 0 Å². The van der Waals surface area contributed by atoms with Crippen LogP contribution in [0.4, 0.5) is 5.69 Å². The molecule has 0 saturated heterocycles. The summed E-state index contributed by atoms with van der Waals surface area (Å²) in [6.45, 7) is 2.68. The van der Waals surface area contributed by atoms with Gasteiger partial charge in [0.15, 0.2) is 12.4 Å². The van der Waals surface area contributed by atoms with Crippen LogP contribution in [0.15, 0.2) is 77.3 Å². The van der Waals surface area contributed by atoms with Gasteiger partial charge in [-0.2, -0.15) is 0 Å². The van der Waals surface area contributed by atoms with Crippen LogP contribution < -0.4 is 14.4 Å². The minimum absolute atomic E-state index is 0.0257. The Labute approximate surface area is 228 Å². The molecular formula is C31H21ClN2O5. The number of furan rings is 1. The lowest BCUT2D eigenvalue weighted by Crippen LogP contribution is -2.38. The number of halogens is 1. The third-order valence-electron chi connectivity index (χ3n) is 7.12. The van der Waals surface area contributed by atoms with Crippen molar-refractivity contribution in [2.45, 2.75) is 13.5 Å². The first kappa shape index (κ1) is 23.5. The average molecular weight is 537 g/mol. The van der Waals surface area contributed by atoms with Crippen molar-refractivity contribution in [2.75, 3.05) is 18.1 Å². The smallest absolute Gasteiger partial charge is 0.265 e. The Morgan fingerprint density at radius 3 is 2.72 bits per heavy atom. The minimum Gasteiger partial charge on any atom is -0.488 e. The fourth-order valence-corrected chi connectivity index (χ4v) is 5.45. The van der Waals surface area contributed by atoms with Crippen LogP contribution >= 0.6 is 11.6 Å². The molecule has 0 spiro atoms. The maximum Gasteiger partial charge on any atom is 0.265 e. The van der Waals surface area contributed by atoms with E-state index in [-0.39, 0.29) is 24.1 Å². The van der Waals surface area contributed by atoms with Crippen molar-refractivity contribution in [1.29, 1.82) is 0 Å². The van der Waals surface area contributed by atoms with Crippen LogP contribution in [0.2, 0.25) is 5.02 Å². The number of amides is 1. The third-order valence-corrected chi connectivity index (χ3v) is 7.35. The van der Waals surface area contributed by atoms with E-state index in [0.29, 0.717) is 57.3 Å². The summed E-state index contributed by atoms with van der Waals surface area (Å²) in [5.41, 5.74) is 5.46. The molecule has 0 atom stereocenters. The van der Waals surface area contributed by atoms with Crippen molar-refractivity contribution >= 4 is 39.9 Å². The van der Waals surface area contributed by atoms with Crippen molar-refractivity contribution in [2.24, 2.45) is 0 Å². The number of pyridine rings is 1. The molecule has 1 amide bonds. The number of carbonyl (C=O) groups is 2. The summed E-state index contributed by atoms with van der Waals surface area (Å²) < 4.78 is 17.7. The molecule has 4 heterocycles. The number of para-hydroxylation sites is 1. The molecule has 5 aromatic rings. The lowest BCUT2D eigenvalue weighted by Gasteiger charge is -2.28. The second-order valence-electron chi connectivity index (χ2n) is 9.40. The Morgan fingerprint density at radius 1 is 1.00 bits per heavy atom. The molecule has 2 aliphatic heterocycles. The second kappa shape index (κ2) is 8.99. The third kappa shape index (κ3) is 3.77. The van der Waals surface area contributed by atoms with E-state index in [9.17, 15) is 9.59 Å². The highest BCUT2D eigenvalue weighted by atomic mass is 35.5. The van der Waals surface area contributed by atoms with Crippen molar-refractivity contribution in [1.82, 2.24) is 4.98 Å². The summed E-state index contributed by atoms with van der Waals surface area (Å²) in [7, 11) is 0. The maximum atomic E-state index is 14.0. The summed E-state index contributed by atoms with van der Waals surface area (Å²) in [5.74, 6) is 1.03. The number of ketones is 1. The lowest BCUT2D eigenvalue weighted by atomic mass is 9.95. The quantitative estimate of drug-likeness (QED) is 0.238. The van der Waals surface area contributed by atoms with Crippen LogP contribution in [-0.4, -0.2) is 29.8 Å². The molecule has 7 nitrogen and oxygen atoms in total. The Hall–Kier alpha value is -4.62. The SMILES string of the molecule is CCN1C(=O)COc2ccc(C(=O)c3oc4ccc(Cl)cc4c3-c3cnc4c(c3)COc3ccccc3-4)cc21. The first-order chi connectivity index (χ1) is 19.0. The van der Waals surface area contributed by atoms with E-state index in [4.69, 9.17) is 30.5 Å². The topological polar surface area (TPSA) is 81.9 Å². The lowest BCUT2D eigenvalue weighted by molar-refractivity contribution is -0.121. The molecule has 0 unspecified atom stereocenters. The molecule has 0 bridgehead atoms. The van der Waals surface area contributed by atoms with E-state index >= 15 is 0 Å². The molecule has 3 aromatic carbocycles. The van der Waals surface area contributed by atoms with Crippen molar-refractivity contribution in [3.05, 3.63) is 94.8 Å². The van der Waals surface area contributed by atoms with Crippen molar-refractivity contribution < 1.29 is 23.5 Å². The van der Waals surface area contributed by atoms with E-state index in [2.05, 4.69) is 0 Å². The van der Waals surface area contributed by atoms with Crippen LogP contribution in [-0.2, 0) is 11.4 Å². The number of rotatable bonds is 4. The zero-order valence-corrected chi connectivity index (χ0v) is 21.6. The Kier molecular flexibility index (Phi) is 5.42. The Bertz CT molecular complexity index is 1830. The number of nitrogens with zero attached hydrogens (tertiary/aromatic N) is 2. The minimum atomic E-state index is -0.325. The summed E-state index contributed by atoms with van der Waals surface area (Å²) in [5, 5.41) is 1.23. The fourth-order valence-electron chi connectivity index (χ4n) is 5.28. The number of carbonyl (C=O) groups excluding carboxylic acids is 2. The van der Waals surface area contributed by atoms with Gasteiger partial charge in [-0.25, -0.2) is 0 Å². The van der Waals surface area contributed by atoms with Gasteiger partial charge in [-0.05, 0) is 61.5 Å². The molecule has 0 saturated carbocycles. The highest BCUT2D eigenvalue weighted by Gasteiger charge is 2.29. The number of likely N-dealkylation sites (N-methyl/N-ethyl adjacent to an activating group) is 1. The van der Waals surface area contributed by atoms with Crippen LogP contribution in [0.3, 0.4) is 0 Å². The van der Waals surface area contributed by atoms with Gasteiger partial charge in [0.05, 0.1) is 11.4 Å². The summed E-state index contributed by atoms with van der Waals surface area (Å²) in [6, 6.07) is 20.1. The zero-order chi connectivity index (χ0) is 26.7. The number of benzene rings is 3. The van der Waals surface area contributed by atoms with Gasteiger partial charge in [-0.15, -0.1) is 0 Å². The molecule has 0 aliphatic carbocycles. The normalized spacial score (nSPS) is 13.8. The molecule has 0 radical (unpaired) electrons. The van der Waals surface area contributed by atoms with E-state index in [1.807, 2.05) is 37.3 Å². The predicted molar refractivity (Wildman–Crippen MR) is 148 cm³/mol. The number of hydrogen-bond acceptors (Lipinski definition) is 6. The van der Waals surface area contributed by atoms with Crippen molar-refractivity contribution in [3.63, 3.8) is 0 Å². The second-order valence-corrected chi connectivity index (χ2v) is 9.84. The number of hydrogen-bond donors (Lipinski definition) is 0. The van der Waals surface area contributed by atoms with Crippen LogP contribution in [0.5, 0.6) is 11.5 Å². The Balaban J connectivity index is 1.38. The summed E-state index contributed by atoms with van der Waals surface area (Å²) in [4.78, 5) is 32.8. The van der Waals surface area contributed by atoms with Gasteiger partial charge in [0.2, 0.25) is 5.78 Å². The fraction of sp³-hybridized carbons (Fsp3) is 0.129. The Morgan fingerprint density at radius 2 is 1.85 bits per heavy atom. The monoisotopic (exact) mass is 536 g/mol. The van der Waals surface area contributed by atoms with E-state index < -0.39 is 0 Å². The first-order valence-corrected chi connectivity index (χ1v) is 12.9. The largest absolute Gasteiger partial charge is 0.488 e. The average Bonchev–Trinajstić information content (AvgIpc) is 3.34. The molecule has 0 N–H and O–H groups in total. The molecular weight excluding hydrogens is 516 g/mol. The van der Waals surface area contributed by atoms with Gasteiger partial charge in [0, 0.05) is 51.0 Å². The molecule has 8 heteroatoms. The van der Waals surface area contributed by atoms with Crippen LogP contribution in [0.25, 0.3) is 33.4 Å². The van der Waals surface area contributed by atoms with E-state index in [1.54, 1.807) is 47.5 Å². The molecule has 2 aliphatic rings. The first-order valence-electron chi connectivity index (χ1n) is 12.6. The molecule has 7 rings (SSSR count). The van der Waals surface area contributed by atoms with Gasteiger partial charge in [-0.3, -0.25) is 14.6 Å². The van der Waals surface area contributed by atoms with Crippen molar-refractivity contribution in [3.8, 4) is 33.9 Å². The number of anilines is 1. The summed E-state index contributed by atoms with van der Waals surface area (Å²) in [6.07, 6.45) is 1.75. The maximum absolute atomic E-state index is 14.0.